The Balaban J connectivity index is 1.20. The van der Waals surface area contributed by atoms with Crippen LogP contribution in [-0.4, -0.2) is 28.6 Å². The first-order chi connectivity index (χ1) is 15.5. The van der Waals surface area contributed by atoms with E-state index in [1.165, 1.54) is 24.7 Å². The number of aromatic nitrogens is 2. The number of hydrogen-bond acceptors (Lipinski definition) is 6. The largest absolute Gasteiger partial charge is 0.490 e. The highest BCUT2D eigenvalue weighted by molar-refractivity contribution is 5.89. The fraction of sp³-hybridized carbons (Fsp3) is 0.182. The molecule has 5 rings (SSSR count). The quantitative estimate of drug-likeness (QED) is 0.647. The van der Waals surface area contributed by atoms with Gasteiger partial charge in [0.1, 0.15) is 29.2 Å². The second-order valence-corrected chi connectivity index (χ2v) is 7.40. The van der Waals surface area contributed by atoms with Gasteiger partial charge in [0.15, 0.2) is 11.6 Å². The molecule has 1 aliphatic carbocycles. The first kappa shape index (κ1) is 19.7. The van der Waals surface area contributed by atoms with Crippen LogP contribution in [0.5, 0.6) is 17.2 Å². The van der Waals surface area contributed by atoms with E-state index in [9.17, 15) is 13.6 Å². The molecule has 2 amide bonds. The molecule has 3 heterocycles. The van der Waals surface area contributed by atoms with Gasteiger partial charge in [0.05, 0.1) is 24.6 Å². The fourth-order valence-electron chi connectivity index (χ4n) is 3.85. The summed E-state index contributed by atoms with van der Waals surface area (Å²) in [5.74, 6) is -0.642. The molecule has 1 aromatic carbocycles. The molecule has 10 heteroatoms. The lowest BCUT2D eigenvalue weighted by molar-refractivity contribution is 0.247. The van der Waals surface area contributed by atoms with E-state index >= 15 is 0 Å². The molecule has 0 bridgehead atoms. The Labute approximate surface area is 180 Å². The molecule has 2 aromatic heterocycles. The van der Waals surface area contributed by atoms with Gasteiger partial charge in [-0.25, -0.2) is 18.6 Å². The molecular weight excluding hydrogens is 420 g/mol. The van der Waals surface area contributed by atoms with Gasteiger partial charge in [0.2, 0.25) is 0 Å². The van der Waals surface area contributed by atoms with E-state index in [-0.39, 0.29) is 41.6 Å². The van der Waals surface area contributed by atoms with Crippen molar-refractivity contribution in [1.29, 1.82) is 5.26 Å². The lowest BCUT2D eigenvalue weighted by Gasteiger charge is -2.16. The monoisotopic (exact) mass is 435 g/mol. The van der Waals surface area contributed by atoms with Crippen LogP contribution in [0.3, 0.4) is 0 Å². The van der Waals surface area contributed by atoms with Crippen molar-refractivity contribution in [3.8, 4) is 23.3 Å². The number of amides is 2. The zero-order chi connectivity index (χ0) is 22.2. The number of rotatable bonds is 4. The number of halogens is 2. The predicted molar refractivity (Wildman–Crippen MR) is 107 cm³/mol. The van der Waals surface area contributed by atoms with Gasteiger partial charge >= 0.3 is 6.03 Å². The summed E-state index contributed by atoms with van der Waals surface area (Å²) in [6, 6.07) is 7.87. The second-order valence-electron chi connectivity index (χ2n) is 7.40. The number of ether oxygens (including phenoxy) is 2. The van der Waals surface area contributed by atoms with Gasteiger partial charge in [-0.2, -0.15) is 5.26 Å². The molecule has 2 N–H and O–H groups in total. The minimum absolute atomic E-state index is 0.0799. The predicted octanol–water partition coefficient (Wildman–Crippen LogP) is 3.71. The van der Waals surface area contributed by atoms with Gasteiger partial charge in [0, 0.05) is 35.7 Å². The van der Waals surface area contributed by atoms with Gasteiger partial charge in [-0.15, -0.1) is 0 Å². The molecule has 3 atom stereocenters. The van der Waals surface area contributed by atoms with E-state index in [4.69, 9.17) is 14.7 Å². The first-order valence-electron chi connectivity index (χ1n) is 9.71. The molecule has 8 nitrogen and oxygen atoms in total. The smallest absolute Gasteiger partial charge is 0.320 e. The highest BCUT2D eigenvalue weighted by Crippen LogP contribution is 2.55. The molecule has 1 aliphatic heterocycles. The van der Waals surface area contributed by atoms with Gasteiger partial charge in [-0.1, -0.05) is 0 Å². The van der Waals surface area contributed by atoms with Crippen molar-refractivity contribution in [3.63, 3.8) is 0 Å². The lowest BCUT2D eigenvalue weighted by atomic mass is 10.0. The summed E-state index contributed by atoms with van der Waals surface area (Å²) in [5, 5.41) is 14.3. The topological polar surface area (TPSA) is 109 Å². The maximum atomic E-state index is 14.2. The van der Waals surface area contributed by atoms with Gasteiger partial charge in [-0.05, 0) is 24.3 Å². The zero-order valence-electron chi connectivity index (χ0n) is 16.4. The summed E-state index contributed by atoms with van der Waals surface area (Å²) in [6.07, 6.45) is 4.29. The number of carbonyl (C=O) groups is 1. The van der Waals surface area contributed by atoms with Crippen molar-refractivity contribution in [1.82, 2.24) is 15.3 Å². The SMILES string of the molecule is N#Cc1cncc(Oc2ccc(NC(=O)NC3[C@H]4COc5c(F)ccc(F)c5[C@@H]34)nc2)c1. The summed E-state index contributed by atoms with van der Waals surface area (Å²) in [7, 11) is 0. The Morgan fingerprint density at radius 3 is 2.78 bits per heavy atom. The first-order valence-corrected chi connectivity index (χ1v) is 9.71. The fourth-order valence-corrected chi connectivity index (χ4v) is 3.85. The van der Waals surface area contributed by atoms with Crippen LogP contribution in [0.15, 0.2) is 48.9 Å². The molecule has 3 aromatic rings. The van der Waals surface area contributed by atoms with Crippen molar-refractivity contribution >= 4 is 11.8 Å². The number of pyridine rings is 2. The zero-order valence-corrected chi connectivity index (χ0v) is 16.4. The van der Waals surface area contributed by atoms with Crippen LogP contribution >= 0.6 is 0 Å². The highest BCUT2D eigenvalue weighted by atomic mass is 19.1. The number of nitrogens with one attached hydrogen (secondary N) is 2. The number of urea groups is 1. The normalized spacial score (nSPS) is 20.1. The van der Waals surface area contributed by atoms with Gasteiger partial charge < -0.3 is 14.8 Å². The minimum atomic E-state index is -0.614. The number of fused-ring (bicyclic) bond motifs is 3. The minimum Gasteiger partial charge on any atom is -0.490 e. The number of anilines is 1. The standard InChI is InChI=1S/C22H15F2N5O3/c23-15-2-3-16(24)21-19(15)18-14(10-31-21)20(18)29-22(30)28-17-4-1-12(9-27-17)32-13-5-11(6-25)7-26-8-13/h1-5,7-9,14,18,20H,10H2,(H2,27,28,29,30)/t14-,18-,20?/m0/s1. The average molecular weight is 435 g/mol. The summed E-state index contributed by atoms with van der Waals surface area (Å²) in [5.41, 5.74) is 0.530. The Hall–Kier alpha value is -4.26. The summed E-state index contributed by atoms with van der Waals surface area (Å²) in [6.45, 7) is 0.204. The highest BCUT2D eigenvalue weighted by Gasteiger charge is 2.57. The molecule has 1 unspecified atom stereocenters. The Bertz CT molecular complexity index is 1250. The summed E-state index contributed by atoms with van der Waals surface area (Å²) >= 11 is 0. The van der Waals surface area contributed by atoms with Crippen molar-refractivity contribution in [2.24, 2.45) is 5.92 Å². The van der Waals surface area contributed by atoms with E-state index in [0.717, 1.165) is 12.1 Å². The lowest BCUT2D eigenvalue weighted by Crippen LogP contribution is -2.32. The van der Waals surface area contributed by atoms with Gasteiger partial charge in [-0.3, -0.25) is 10.3 Å². The van der Waals surface area contributed by atoms with E-state index in [2.05, 4.69) is 20.6 Å². The molecule has 2 aliphatic rings. The van der Waals surface area contributed by atoms with E-state index in [1.54, 1.807) is 12.1 Å². The molecule has 0 radical (unpaired) electrons. The third-order valence-corrected chi connectivity index (χ3v) is 5.37. The van der Waals surface area contributed by atoms with Crippen molar-refractivity contribution in [2.75, 3.05) is 11.9 Å². The third kappa shape index (κ3) is 3.65. The van der Waals surface area contributed by atoms with E-state index in [1.807, 2.05) is 6.07 Å². The van der Waals surface area contributed by atoms with Crippen molar-refractivity contribution in [2.45, 2.75) is 12.0 Å². The molecule has 0 saturated heterocycles. The van der Waals surface area contributed by atoms with Gasteiger partial charge in [0.25, 0.3) is 0 Å². The number of hydrogen-bond donors (Lipinski definition) is 2. The van der Waals surface area contributed by atoms with Crippen LogP contribution in [0.25, 0.3) is 0 Å². The number of carbonyl (C=O) groups excluding carboxylic acids is 1. The van der Waals surface area contributed by atoms with Crippen LogP contribution in [0.2, 0.25) is 0 Å². The summed E-state index contributed by atoms with van der Waals surface area (Å²) < 4.78 is 39.1. The Morgan fingerprint density at radius 2 is 2.00 bits per heavy atom. The van der Waals surface area contributed by atoms with Crippen molar-refractivity contribution < 1.29 is 23.0 Å². The van der Waals surface area contributed by atoms with Crippen LogP contribution in [0, 0.1) is 28.9 Å². The number of nitriles is 1. The summed E-state index contributed by atoms with van der Waals surface area (Å²) in [4.78, 5) is 20.4. The van der Waals surface area contributed by atoms with E-state index in [0.29, 0.717) is 17.1 Å². The molecule has 160 valence electrons. The third-order valence-electron chi connectivity index (χ3n) is 5.37. The second kappa shape index (κ2) is 7.77. The molecule has 32 heavy (non-hydrogen) atoms. The maximum absolute atomic E-state index is 14.2. The number of benzene rings is 1. The molecule has 0 spiro atoms. The number of nitrogens with zero attached hydrogens (tertiary/aromatic N) is 3. The molecular formula is C22H15F2N5O3. The molecule has 1 fully saturated rings. The van der Waals surface area contributed by atoms with Crippen molar-refractivity contribution in [3.05, 3.63) is 71.7 Å². The van der Waals surface area contributed by atoms with Crippen LogP contribution in [0.4, 0.5) is 19.4 Å². The Kier molecular flexibility index (Phi) is 4.78. The average Bonchev–Trinajstić information content (AvgIpc) is 3.50. The van der Waals surface area contributed by atoms with E-state index < -0.39 is 17.7 Å². The van der Waals surface area contributed by atoms with Crippen LogP contribution in [0.1, 0.15) is 17.0 Å². The van der Waals surface area contributed by atoms with Crippen LogP contribution < -0.4 is 20.1 Å². The van der Waals surface area contributed by atoms with Crippen LogP contribution in [-0.2, 0) is 0 Å². The Morgan fingerprint density at radius 1 is 1.16 bits per heavy atom. The molecule has 1 saturated carbocycles. The maximum Gasteiger partial charge on any atom is 0.320 e.